The summed E-state index contributed by atoms with van der Waals surface area (Å²) in [6, 6.07) is 0. The van der Waals surface area contributed by atoms with Gasteiger partial charge in [-0.25, -0.2) is 0 Å². The molecule has 148 valence electrons. The van der Waals surface area contributed by atoms with E-state index in [1.165, 1.54) is 41.6 Å². The number of aliphatic hydroxyl groups is 2. The predicted molar refractivity (Wildman–Crippen MR) is 105 cm³/mol. The first-order valence-corrected chi connectivity index (χ1v) is 9.84. The Morgan fingerprint density at radius 2 is 2.00 bits per heavy atom. The van der Waals surface area contributed by atoms with E-state index in [1.807, 2.05) is 0 Å². The summed E-state index contributed by atoms with van der Waals surface area (Å²) in [6.07, 6.45) is 7.78. The molecule has 1 saturated heterocycles. The highest BCUT2D eigenvalue weighted by Gasteiger charge is 2.28. The molecular formula is C22H36O4. The van der Waals surface area contributed by atoms with E-state index in [4.69, 9.17) is 9.47 Å². The predicted octanol–water partition coefficient (Wildman–Crippen LogP) is 4.28. The molecule has 1 aliphatic carbocycles. The first kappa shape index (κ1) is 21.4. The van der Waals surface area contributed by atoms with Crippen LogP contribution in [0.4, 0.5) is 0 Å². The van der Waals surface area contributed by atoms with Crippen LogP contribution in [0.2, 0.25) is 0 Å². The highest BCUT2D eigenvalue weighted by molar-refractivity contribution is 5.40. The maximum absolute atomic E-state index is 9.83. The van der Waals surface area contributed by atoms with Crippen LogP contribution in [0.1, 0.15) is 66.7 Å². The number of hydrogen-bond donors (Lipinski definition) is 2. The Balaban J connectivity index is 1.96. The van der Waals surface area contributed by atoms with Gasteiger partial charge < -0.3 is 19.7 Å². The molecule has 4 nitrogen and oxygen atoms in total. The van der Waals surface area contributed by atoms with E-state index in [0.717, 1.165) is 0 Å². The van der Waals surface area contributed by atoms with Crippen LogP contribution in [0.5, 0.6) is 0 Å². The molecule has 0 bridgehead atoms. The standard InChI is InChI=1S/C22H36O4/c1-15(8-10-25-21-13-18(24)12-19(14-23)26-21)17(3)11-20-16(2)7-6-9-22(20,4)5/h8,11,18-19,21,23-24H,6-7,9-10,12-14H2,1-5H3/b15-8+,17-11+. The van der Waals surface area contributed by atoms with Gasteiger partial charge in [-0.05, 0) is 62.2 Å². The van der Waals surface area contributed by atoms with Crippen LogP contribution in [-0.2, 0) is 9.47 Å². The molecule has 0 amide bonds. The summed E-state index contributed by atoms with van der Waals surface area (Å²) in [5.41, 5.74) is 5.67. The lowest BCUT2D eigenvalue weighted by atomic mass is 9.72. The molecule has 0 radical (unpaired) electrons. The van der Waals surface area contributed by atoms with Gasteiger partial charge in [-0.1, -0.05) is 31.6 Å². The zero-order valence-electron chi connectivity index (χ0n) is 17.0. The molecule has 1 heterocycles. The average molecular weight is 365 g/mol. The normalized spacial score (nSPS) is 30.7. The van der Waals surface area contributed by atoms with Crippen molar-refractivity contribution in [2.75, 3.05) is 13.2 Å². The topological polar surface area (TPSA) is 58.9 Å². The Bertz CT molecular complexity index is 571. The summed E-state index contributed by atoms with van der Waals surface area (Å²) < 4.78 is 11.4. The highest BCUT2D eigenvalue weighted by Crippen LogP contribution is 2.41. The van der Waals surface area contributed by atoms with Crippen LogP contribution in [0.3, 0.4) is 0 Å². The van der Waals surface area contributed by atoms with Crippen molar-refractivity contribution in [3.05, 3.63) is 34.4 Å². The molecule has 0 spiro atoms. The number of aliphatic hydroxyl groups excluding tert-OH is 2. The third-order valence-electron chi connectivity index (χ3n) is 5.74. The lowest BCUT2D eigenvalue weighted by Crippen LogP contribution is -2.38. The second-order valence-corrected chi connectivity index (χ2v) is 8.47. The van der Waals surface area contributed by atoms with Crippen LogP contribution < -0.4 is 0 Å². The van der Waals surface area contributed by atoms with Gasteiger partial charge in [0.1, 0.15) is 0 Å². The average Bonchev–Trinajstić information content (AvgIpc) is 2.57. The Kier molecular flexibility index (Phi) is 7.65. The van der Waals surface area contributed by atoms with Crippen molar-refractivity contribution in [3.8, 4) is 0 Å². The van der Waals surface area contributed by atoms with Gasteiger partial charge in [-0.3, -0.25) is 0 Å². The summed E-state index contributed by atoms with van der Waals surface area (Å²) in [5, 5.41) is 19.1. The van der Waals surface area contributed by atoms with Gasteiger partial charge in [0.25, 0.3) is 0 Å². The Hall–Kier alpha value is -0.940. The highest BCUT2D eigenvalue weighted by atomic mass is 16.7. The summed E-state index contributed by atoms with van der Waals surface area (Å²) >= 11 is 0. The molecule has 2 rings (SSSR count). The van der Waals surface area contributed by atoms with E-state index < -0.39 is 12.4 Å². The summed E-state index contributed by atoms with van der Waals surface area (Å²) in [4.78, 5) is 0. The van der Waals surface area contributed by atoms with Gasteiger partial charge in [0.15, 0.2) is 6.29 Å². The molecule has 0 saturated carbocycles. The minimum absolute atomic E-state index is 0.0854. The van der Waals surface area contributed by atoms with Crippen LogP contribution >= 0.6 is 0 Å². The van der Waals surface area contributed by atoms with Gasteiger partial charge >= 0.3 is 0 Å². The van der Waals surface area contributed by atoms with E-state index >= 15 is 0 Å². The lowest BCUT2D eigenvalue weighted by molar-refractivity contribution is -0.217. The molecule has 1 fully saturated rings. The van der Waals surface area contributed by atoms with E-state index in [2.05, 4.69) is 46.8 Å². The Labute approximate surface area is 158 Å². The monoisotopic (exact) mass is 364 g/mol. The fourth-order valence-corrected chi connectivity index (χ4v) is 3.91. The van der Waals surface area contributed by atoms with Gasteiger partial charge in [-0.15, -0.1) is 0 Å². The van der Waals surface area contributed by atoms with Crippen molar-refractivity contribution in [2.45, 2.75) is 85.2 Å². The van der Waals surface area contributed by atoms with Crippen molar-refractivity contribution in [3.63, 3.8) is 0 Å². The van der Waals surface area contributed by atoms with Crippen LogP contribution in [0.25, 0.3) is 0 Å². The van der Waals surface area contributed by atoms with Crippen LogP contribution in [0.15, 0.2) is 34.4 Å². The van der Waals surface area contributed by atoms with Gasteiger partial charge in [0.2, 0.25) is 0 Å². The minimum atomic E-state index is -0.471. The van der Waals surface area contributed by atoms with Crippen LogP contribution in [0, 0.1) is 5.41 Å². The molecular weight excluding hydrogens is 328 g/mol. The van der Waals surface area contributed by atoms with E-state index in [1.54, 1.807) is 0 Å². The van der Waals surface area contributed by atoms with E-state index in [9.17, 15) is 10.2 Å². The zero-order valence-corrected chi connectivity index (χ0v) is 17.0. The van der Waals surface area contributed by atoms with Crippen molar-refractivity contribution < 1.29 is 19.7 Å². The van der Waals surface area contributed by atoms with Crippen molar-refractivity contribution in [2.24, 2.45) is 5.41 Å². The fourth-order valence-electron chi connectivity index (χ4n) is 3.91. The van der Waals surface area contributed by atoms with Crippen molar-refractivity contribution in [1.29, 1.82) is 0 Å². The Morgan fingerprint density at radius 3 is 2.65 bits per heavy atom. The van der Waals surface area contributed by atoms with Crippen molar-refractivity contribution in [1.82, 2.24) is 0 Å². The van der Waals surface area contributed by atoms with Crippen LogP contribution in [-0.4, -0.2) is 41.9 Å². The first-order valence-electron chi connectivity index (χ1n) is 9.84. The Morgan fingerprint density at radius 1 is 1.27 bits per heavy atom. The van der Waals surface area contributed by atoms with Gasteiger partial charge in [0.05, 0.1) is 25.4 Å². The number of allylic oxidation sites excluding steroid dienone is 5. The minimum Gasteiger partial charge on any atom is -0.394 e. The largest absolute Gasteiger partial charge is 0.394 e. The molecule has 26 heavy (non-hydrogen) atoms. The summed E-state index contributed by atoms with van der Waals surface area (Å²) in [7, 11) is 0. The second-order valence-electron chi connectivity index (χ2n) is 8.47. The third kappa shape index (κ3) is 5.78. The third-order valence-corrected chi connectivity index (χ3v) is 5.74. The number of rotatable bonds is 6. The van der Waals surface area contributed by atoms with E-state index in [-0.39, 0.29) is 18.1 Å². The fraction of sp³-hybridized carbons (Fsp3) is 0.727. The molecule has 0 aromatic heterocycles. The number of ether oxygens (including phenoxy) is 2. The molecule has 2 N–H and O–H groups in total. The van der Waals surface area contributed by atoms with Gasteiger partial charge in [-0.2, -0.15) is 0 Å². The van der Waals surface area contributed by atoms with E-state index in [0.29, 0.717) is 19.4 Å². The smallest absolute Gasteiger partial charge is 0.160 e. The summed E-state index contributed by atoms with van der Waals surface area (Å²) in [6.45, 7) is 11.5. The van der Waals surface area contributed by atoms with Gasteiger partial charge in [0, 0.05) is 12.8 Å². The maximum Gasteiger partial charge on any atom is 0.160 e. The quantitative estimate of drug-likeness (QED) is 0.691. The first-order chi connectivity index (χ1) is 12.2. The molecule has 3 atom stereocenters. The molecule has 0 aromatic rings. The SMILES string of the molecule is CC1=C(/C=C(C)/C(C)=C/COC2CC(O)CC(CO)O2)C(C)(C)CCC1. The molecule has 3 unspecified atom stereocenters. The maximum atomic E-state index is 9.83. The summed E-state index contributed by atoms with van der Waals surface area (Å²) in [5.74, 6) is 0. The zero-order chi connectivity index (χ0) is 19.3. The molecule has 0 aromatic carbocycles. The molecule has 1 aliphatic heterocycles. The second kappa shape index (κ2) is 9.32. The van der Waals surface area contributed by atoms with Crippen molar-refractivity contribution >= 4 is 0 Å². The molecule has 4 heteroatoms. The number of hydrogen-bond acceptors (Lipinski definition) is 4. The lowest BCUT2D eigenvalue weighted by Gasteiger charge is -2.33. The molecule has 2 aliphatic rings.